The Hall–Kier alpha value is -2.33. The SMILES string of the molecule is CC(=O)Oc1cc(-c2ccccc2)cc2c1[C@H]1C[C@@]3(C)O[C@H]3C[C@@H]1C(C)(C)O2. The summed E-state index contributed by atoms with van der Waals surface area (Å²) < 4.78 is 18.3. The predicted octanol–water partition coefficient (Wildman–Crippen LogP) is 5.10. The van der Waals surface area contributed by atoms with E-state index in [9.17, 15) is 4.79 Å². The Bertz CT molecular complexity index is 949. The van der Waals surface area contributed by atoms with E-state index in [2.05, 4.69) is 39.0 Å². The molecule has 2 aromatic rings. The van der Waals surface area contributed by atoms with Gasteiger partial charge in [-0.15, -0.1) is 0 Å². The van der Waals surface area contributed by atoms with E-state index in [1.165, 1.54) is 6.92 Å². The number of rotatable bonds is 2. The molecule has 5 rings (SSSR count). The van der Waals surface area contributed by atoms with Gasteiger partial charge in [-0.1, -0.05) is 30.3 Å². The second-order valence-electron chi connectivity index (χ2n) is 9.12. The highest BCUT2D eigenvalue weighted by molar-refractivity contribution is 5.75. The minimum Gasteiger partial charge on any atom is -0.487 e. The van der Waals surface area contributed by atoms with E-state index in [0.29, 0.717) is 17.8 Å². The Morgan fingerprint density at radius 1 is 1.11 bits per heavy atom. The molecule has 0 amide bonds. The molecule has 4 atom stereocenters. The summed E-state index contributed by atoms with van der Waals surface area (Å²) in [4.78, 5) is 11.9. The summed E-state index contributed by atoms with van der Waals surface area (Å²) in [5, 5.41) is 0. The number of ether oxygens (including phenoxy) is 3. The Morgan fingerprint density at radius 2 is 1.86 bits per heavy atom. The minimum absolute atomic E-state index is 0.0581. The van der Waals surface area contributed by atoms with E-state index in [1.54, 1.807) is 0 Å². The molecule has 0 N–H and O–H groups in total. The van der Waals surface area contributed by atoms with Crippen molar-refractivity contribution < 1.29 is 19.0 Å². The maximum atomic E-state index is 11.9. The number of esters is 1. The van der Waals surface area contributed by atoms with Crippen molar-refractivity contribution in [1.29, 1.82) is 0 Å². The number of hydrogen-bond acceptors (Lipinski definition) is 4. The smallest absolute Gasteiger partial charge is 0.308 e. The van der Waals surface area contributed by atoms with Gasteiger partial charge in [-0.25, -0.2) is 0 Å². The second kappa shape index (κ2) is 5.84. The van der Waals surface area contributed by atoms with Gasteiger partial charge in [0, 0.05) is 24.3 Å². The van der Waals surface area contributed by atoms with Crippen LogP contribution in [0.2, 0.25) is 0 Å². The molecule has 146 valence electrons. The van der Waals surface area contributed by atoms with Crippen LogP contribution in [0.4, 0.5) is 0 Å². The number of epoxide rings is 1. The zero-order valence-corrected chi connectivity index (χ0v) is 16.8. The molecule has 28 heavy (non-hydrogen) atoms. The highest BCUT2D eigenvalue weighted by atomic mass is 16.6. The largest absolute Gasteiger partial charge is 0.487 e. The molecular formula is C24H26O4. The molecule has 4 nitrogen and oxygen atoms in total. The molecule has 0 aromatic heterocycles. The third-order valence-electron chi connectivity index (χ3n) is 6.72. The average molecular weight is 378 g/mol. The lowest BCUT2D eigenvalue weighted by Gasteiger charge is -2.47. The fraction of sp³-hybridized carbons (Fsp3) is 0.458. The van der Waals surface area contributed by atoms with Gasteiger partial charge < -0.3 is 14.2 Å². The number of fused-ring (bicyclic) bond motifs is 4. The summed E-state index contributed by atoms with van der Waals surface area (Å²) in [5.41, 5.74) is 2.73. The summed E-state index contributed by atoms with van der Waals surface area (Å²) >= 11 is 0. The predicted molar refractivity (Wildman–Crippen MR) is 107 cm³/mol. The van der Waals surface area contributed by atoms with Crippen molar-refractivity contribution in [2.45, 2.75) is 63.8 Å². The van der Waals surface area contributed by atoms with Crippen LogP contribution < -0.4 is 9.47 Å². The van der Waals surface area contributed by atoms with Crippen molar-refractivity contribution in [3.63, 3.8) is 0 Å². The fourth-order valence-electron chi connectivity index (χ4n) is 5.26. The Kier molecular flexibility index (Phi) is 3.70. The van der Waals surface area contributed by atoms with Crippen LogP contribution >= 0.6 is 0 Å². The summed E-state index contributed by atoms with van der Waals surface area (Å²) in [6, 6.07) is 14.2. The Balaban J connectivity index is 1.68. The fourth-order valence-corrected chi connectivity index (χ4v) is 5.26. The van der Waals surface area contributed by atoms with E-state index < -0.39 is 0 Å². The summed E-state index contributed by atoms with van der Waals surface area (Å²) in [7, 11) is 0. The van der Waals surface area contributed by atoms with Crippen molar-refractivity contribution >= 4 is 5.97 Å². The highest BCUT2D eigenvalue weighted by Gasteiger charge is 2.63. The third kappa shape index (κ3) is 2.74. The first kappa shape index (κ1) is 17.7. The van der Waals surface area contributed by atoms with Gasteiger partial charge in [0.1, 0.15) is 17.1 Å². The van der Waals surface area contributed by atoms with Crippen LogP contribution in [0.25, 0.3) is 11.1 Å². The lowest BCUT2D eigenvalue weighted by atomic mass is 9.64. The molecular weight excluding hydrogens is 352 g/mol. The van der Waals surface area contributed by atoms with Gasteiger partial charge in [0.2, 0.25) is 0 Å². The quantitative estimate of drug-likeness (QED) is 0.414. The van der Waals surface area contributed by atoms with E-state index in [4.69, 9.17) is 14.2 Å². The van der Waals surface area contributed by atoms with Crippen molar-refractivity contribution in [1.82, 2.24) is 0 Å². The summed E-state index contributed by atoms with van der Waals surface area (Å²) in [6.07, 6.45) is 2.23. The molecule has 3 aliphatic rings. The molecule has 0 spiro atoms. The lowest BCUT2D eigenvalue weighted by Crippen LogP contribution is -2.48. The lowest BCUT2D eigenvalue weighted by molar-refractivity contribution is -0.132. The number of benzene rings is 2. The normalized spacial score (nSPS) is 31.6. The Morgan fingerprint density at radius 3 is 2.57 bits per heavy atom. The average Bonchev–Trinajstić information content (AvgIpc) is 3.30. The first-order valence-electron chi connectivity index (χ1n) is 10.1. The van der Waals surface area contributed by atoms with Gasteiger partial charge in [-0.2, -0.15) is 0 Å². The van der Waals surface area contributed by atoms with Gasteiger partial charge in [0.05, 0.1) is 11.7 Å². The van der Waals surface area contributed by atoms with Crippen molar-refractivity contribution in [2.75, 3.05) is 0 Å². The number of hydrogen-bond donors (Lipinski definition) is 0. The summed E-state index contributed by atoms with van der Waals surface area (Å²) in [6.45, 7) is 7.98. The number of carbonyl (C=O) groups is 1. The molecule has 0 radical (unpaired) electrons. The van der Waals surface area contributed by atoms with E-state index in [1.807, 2.05) is 24.3 Å². The van der Waals surface area contributed by atoms with Crippen molar-refractivity contribution in [3.05, 3.63) is 48.0 Å². The van der Waals surface area contributed by atoms with Crippen molar-refractivity contribution in [2.24, 2.45) is 5.92 Å². The molecule has 2 aliphatic heterocycles. The maximum absolute atomic E-state index is 11.9. The molecule has 1 saturated heterocycles. The van der Waals surface area contributed by atoms with Crippen molar-refractivity contribution in [3.8, 4) is 22.6 Å². The molecule has 1 aliphatic carbocycles. The molecule has 2 heterocycles. The van der Waals surface area contributed by atoms with Gasteiger partial charge in [0.15, 0.2) is 0 Å². The van der Waals surface area contributed by atoms with Crippen LogP contribution in [-0.2, 0) is 9.53 Å². The molecule has 1 saturated carbocycles. The molecule has 0 bridgehead atoms. The van der Waals surface area contributed by atoms with Crippen LogP contribution in [0.1, 0.15) is 52.0 Å². The van der Waals surface area contributed by atoms with Gasteiger partial charge in [-0.05, 0) is 56.9 Å². The molecule has 2 aromatic carbocycles. The van der Waals surface area contributed by atoms with Crippen LogP contribution in [0, 0.1) is 5.92 Å². The van der Waals surface area contributed by atoms with Crippen LogP contribution in [0.3, 0.4) is 0 Å². The molecule has 4 heteroatoms. The molecule has 0 unspecified atom stereocenters. The van der Waals surface area contributed by atoms with E-state index >= 15 is 0 Å². The number of carbonyl (C=O) groups excluding carboxylic acids is 1. The first-order chi connectivity index (χ1) is 13.3. The second-order valence-corrected chi connectivity index (χ2v) is 9.12. The maximum Gasteiger partial charge on any atom is 0.308 e. The highest BCUT2D eigenvalue weighted by Crippen LogP contribution is 2.62. The van der Waals surface area contributed by atoms with Crippen LogP contribution in [-0.4, -0.2) is 23.3 Å². The monoisotopic (exact) mass is 378 g/mol. The minimum atomic E-state index is -0.309. The standard InChI is InChI=1S/C24H26O4/c1-14(25)26-19-10-16(15-8-6-5-7-9-15)11-20-22(19)17-13-24(4)21(28-24)12-18(17)23(2,3)27-20/h5-11,17-18,21H,12-13H2,1-4H3/t17-,18-,21-,24+/m0/s1. The van der Waals surface area contributed by atoms with Crippen LogP contribution in [0.5, 0.6) is 11.5 Å². The Labute approximate surface area is 165 Å². The van der Waals surface area contributed by atoms with Gasteiger partial charge in [-0.3, -0.25) is 4.79 Å². The van der Waals surface area contributed by atoms with Crippen LogP contribution in [0.15, 0.2) is 42.5 Å². The third-order valence-corrected chi connectivity index (χ3v) is 6.72. The zero-order valence-electron chi connectivity index (χ0n) is 16.8. The molecule has 2 fully saturated rings. The first-order valence-corrected chi connectivity index (χ1v) is 10.1. The zero-order chi connectivity index (χ0) is 19.7. The summed E-state index contributed by atoms with van der Waals surface area (Å²) in [5.74, 6) is 1.72. The van der Waals surface area contributed by atoms with E-state index in [-0.39, 0.29) is 23.1 Å². The van der Waals surface area contributed by atoms with Gasteiger partial charge in [0.25, 0.3) is 0 Å². The van der Waals surface area contributed by atoms with E-state index in [0.717, 1.165) is 35.3 Å². The van der Waals surface area contributed by atoms with Gasteiger partial charge >= 0.3 is 5.97 Å². The topological polar surface area (TPSA) is 48.1 Å².